The van der Waals surface area contributed by atoms with Crippen LogP contribution in [0.25, 0.3) is 78.4 Å². The molecule has 2 aliphatic rings. The van der Waals surface area contributed by atoms with Crippen LogP contribution < -0.4 is 0 Å². The number of aromatic nitrogens is 2. The molecule has 2 heteroatoms. The molecule has 0 unspecified atom stereocenters. The van der Waals surface area contributed by atoms with E-state index in [4.69, 9.17) is 9.97 Å². The van der Waals surface area contributed by atoms with Crippen molar-refractivity contribution in [3.8, 4) is 78.4 Å². The van der Waals surface area contributed by atoms with E-state index in [0.717, 1.165) is 39.5 Å². The summed E-state index contributed by atoms with van der Waals surface area (Å²) in [5.41, 5.74) is 18.4. The smallest absolute Gasteiger partial charge is 0.160 e. The van der Waals surface area contributed by atoms with Gasteiger partial charge in [0.2, 0.25) is 0 Å². The minimum absolute atomic E-state index is 0.159. The van der Waals surface area contributed by atoms with E-state index in [1.807, 2.05) is 24.3 Å². The highest BCUT2D eigenvalue weighted by molar-refractivity contribution is 5.85. The Morgan fingerprint density at radius 1 is 0.315 bits per heavy atom. The molecule has 0 radical (unpaired) electrons. The lowest BCUT2D eigenvalue weighted by molar-refractivity contribution is 0.353. The number of hydrogen-bond acceptors (Lipinski definition) is 2. The molecule has 0 amide bonds. The van der Waals surface area contributed by atoms with Crippen molar-refractivity contribution in [2.24, 2.45) is 0 Å². The standard InChI is InChI=1S/C52H40N2/c1-4-14-38(15-5-1)49-35-50(54-51(53-49)39-16-6-2-7-17-39)44-21-13-19-41(33-44)37-26-24-36(25-27-37)40-18-12-20-42(32-40)43-28-29-46-45-22-8-9-23-47(45)52(48(46)34-43)30-10-3-11-31-52/h1-2,4-9,12-29,32-35H,3,10-11,30-31H2. The first kappa shape index (κ1) is 32.3. The summed E-state index contributed by atoms with van der Waals surface area (Å²) in [6.45, 7) is 0. The molecule has 0 saturated heterocycles. The third-order valence-corrected chi connectivity index (χ3v) is 11.7. The number of hydrogen-bond donors (Lipinski definition) is 0. The van der Waals surface area contributed by atoms with Crippen molar-refractivity contribution in [3.05, 3.63) is 193 Å². The van der Waals surface area contributed by atoms with Gasteiger partial charge in [-0.25, -0.2) is 9.97 Å². The molecule has 0 atom stereocenters. The van der Waals surface area contributed by atoms with Gasteiger partial charge in [0.15, 0.2) is 5.82 Å². The van der Waals surface area contributed by atoms with E-state index in [2.05, 4.69) is 158 Å². The molecule has 1 saturated carbocycles. The Hall–Kier alpha value is -6.38. The van der Waals surface area contributed by atoms with Gasteiger partial charge in [0, 0.05) is 22.1 Å². The summed E-state index contributed by atoms with van der Waals surface area (Å²) < 4.78 is 0. The third kappa shape index (κ3) is 5.76. The average molecular weight is 693 g/mol. The second kappa shape index (κ2) is 13.5. The van der Waals surface area contributed by atoms with Crippen LogP contribution >= 0.6 is 0 Å². The number of rotatable bonds is 6. The van der Waals surface area contributed by atoms with Gasteiger partial charge in [-0.1, -0.05) is 177 Å². The quantitative estimate of drug-likeness (QED) is 0.173. The van der Waals surface area contributed by atoms with Crippen LogP contribution in [0.1, 0.15) is 43.2 Å². The van der Waals surface area contributed by atoms with Crippen molar-refractivity contribution in [2.45, 2.75) is 37.5 Å². The Balaban J connectivity index is 0.955. The molecule has 7 aromatic carbocycles. The lowest BCUT2D eigenvalue weighted by atomic mass is 9.67. The Morgan fingerprint density at radius 3 is 1.48 bits per heavy atom. The average Bonchev–Trinajstić information content (AvgIpc) is 3.52. The van der Waals surface area contributed by atoms with Crippen LogP contribution in [0, 0.1) is 0 Å². The van der Waals surface area contributed by atoms with Crippen LogP contribution in [0.4, 0.5) is 0 Å². The van der Waals surface area contributed by atoms with Crippen molar-refractivity contribution in [1.82, 2.24) is 9.97 Å². The zero-order valence-electron chi connectivity index (χ0n) is 30.3. The van der Waals surface area contributed by atoms with E-state index in [0.29, 0.717) is 0 Å². The largest absolute Gasteiger partial charge is 0.228 e. The summed E-state index contributed by atoms with van der Waals surface area (Å²) in [4.78, 5) is 10.0. The van der Waals surface area contributed by atoms with E-state index >= 15 is 0 Å². The molecule has 8 aromatic rings. The SMILES string of the molecule is c1ccc(-c2cc(-c3cccc(-c4ccc(-c5cccc(-c6ccc7c(c6)C6(CCCCC6)c6ccccc6-7)c5)cc4)c3)nc(-c3ccccc3)n2)cc1. The highest BCUT2D eigenvalue weighted by atomic mass is 14.9. The van der Waals surface area contributed by atoms with E-state index in [1.54, 1.807) is 5.56 Å². The van der Waals surface area contributed by atoms with E-state index in [-0.39, 0.29) is 5.41 Å². The molecule has 1 fully saturated rings. The second-order valence-electron chi connectivity index (χ2n) is 14.9. The highest BCUT2D eigenvalue weighted by Crippen LogP contribution is 2.56. The summed E-state index contributed by atoms with van der Waals surface area (Å²) in [7, 11) is 0. The maximum atomic E-state index is 5.06. The molecule has 2 aliphatic carbocycles. The molecule has 1 heterocycles. The Morgan fingerprint density at radius 2 is 0.796 bits per heavy atom. The van der Waals surface area contributed by atoms with E-state index in [9.17, 15) is 0 Å². The number of benzene rings is 7. The number of fused-ring (bicyclic) bond motifs is 5. The summed E-state index contributed by atoms with van der Waals surface area (Å²) in [5.74, 6) is 0.724. The predicted octanol–water partition coefficient (Wildman–Crippen LogP) is 13.7. The van der Waals surface area contributed by atoms with Crippen molar-refractivity contribution < 1.29 is 0 Å². The fourth-order valence-corrected chi connectivity index (χ4v) is 8.99. The zero-order chi connectivity index (χ0) is 35.9. The second-order valence-corrected chi connectivity index (χ2v) is 14.9. The molecule has 1 aromatic heterocycles. The molecule has 258 valence electrons. The fourth-order valence-electron chi connectivity index (χ4n) is 8.99. The first-order valence-corrected chi connectivity index (χ1v) is 19.3. The fraction of sp³-hybridized carbons (Fsp3) is 0.115. The monoisotopic (exact) mass is 692 g/mol. The van der Waals surface area contributed by atoms with Gasteiger partial charge in [0.05, 0.1) is 11.4 Å². The lowest BCUT2D eigenvalue weighted by Crippen LogP contribution is -2.28. The predicted molar refractivity (Wildman–Crippen MR) is 224 cm³/mol. The van der Waals surface area contributed by atoms with E-state index < -0.39 is 0 Å². The first-order valence-electron chi connectivity index (χ1n) is 19.3. The first-order chi connectivity index (χ1) is 26.7. The number of nitrogens with zero attached hydrogens (tertiary/aromatic N) is 2. The maximum Gasteiger partial charge on any atom is 0.160 e. The summed E-state index contributed by atoms with van der Waals surface area (Å²) in [6.07, 6.45) is 6.45. The minimum Gasteiger partial charge on any atom is -0.228 e. The molecule has 2 nitrogen and oxygen atoms in total. The Kier molecular flexibility index (Phi) is 8.10. The molecule has 1 spiro atoms. The van der Waals surface area contributed by atoms with Crippen LogP contribution in [0.15, 0.2) is 182 Å². The van der Waals surface area contributed by atoms with Crippen LogP contribution in [-0.4, -0.2) is 9.97 Å². The van der Waals surface area contributed by atoms with Crippen molar-refractivity contribution in [2.75, 3.05) is 0 Å². The molecule has 0 N–H and O–H groups in total. The van der Waals surface area contributed by atoms with Gasteiger partial charge in [-0.05, 0) is 92.7 Å². The van der Waals surface area contributed by atoms with E-state index in [1.165, 1.54) is 76.6 Å². The van der Waals surface area contributed by atoms with Crippen LogP contribution in [0.3, 0.4) is 0 Å². The molecular weight excluding hydrogens is 653 g/mol. The maximum absolute atomic E-state index is 5.06. The lowest BCUT2D eigenvalue weighted by Gasteiger charge is -2.36. The molecule has 54 heavy (non-hydrogen) atoms. The van der Waals surface area contributed by atoms with Gasteiger partial charge < -0.3 is 0 Å². The molecule has 0 aliphatic heterocycles. The van der Waals surface area contributed by atoms with Gasteiger partial charge >= 0.3 is 0 Å². The molecular formula is C52H40N2. The normalized spacial score (nSPS) is 14.1. The minimum atomic E-state index is 0.159. The van der Waals surface area contributed by atoms with Gasteiger partial charge in [-0.2, -0.15) is 0 Å². The van der Waals surface area contributed by atoms with Gasteiger partial charge in [-0.15, -0.1) is 0 Å². The van der Waals surface area contributed by atoms with Gasteiger partial charge in [-0.3, -0.25) is 0 Å². The molecule has 0 bridgehead atoms. The van der Waals surface area contributed by atoms with Crippen molar-refractivity contribution >= 4 is 0 Å². The van der Waals surface area contributed by atoms with Crippen LogP contribution in [0.5, 0.6) is 0 Å². The topological polar surface area (TPSA) is 25.8 Å². The van der Waals surface area contributed by atoms with Crippen LogP contribution in [0.2, 0.25) is 0 Å². The Labute approximate surface area is 317 Å². The van der Waals surface area contributed by atoms with Crippen molar-refractivity contribution in [3.63, 3.8) is 0 Å². The zero-order valence-corrected chi connectivity index (χ0v) is 30.3. The summed E-state index contributed by atoms with van der Waals surface area (Å²) in [5, 5.41) is 0. The molecule has 10 rings (SSSR count). The van der Waals surface area contributed by atoms with Gasteiger partial charge in [0.1, 0.15) is 0 Å². The van der Waals surface area contributed by atoms with Crippen molar-refractivity contribution in [1.29, 1.82) is 0 Å². The summed E-state index contributed by atoms with van der Waals surface area (Å²) >= 11 is 0. The Bertz CT molecular complexity index is 2560. The third-order valence-electron chi connectivity index (χ3n) is 11.7. The summed E-state index contributed by atoms with van der Waals surface area (Å²) in [6, 6.07) is 65.8. The van der Waals surface area contributed by atoms with Gasteiger partial charge in [0.25, 0.3) is 0 Å². The highest BCUT2D eigenvalue weighted by Gasteiger charge is 2.43. The van der Waals surface area contributed by atoms with Crippen LogP contribution in [-0.2, 0) is 5.41 Å².